The van der Waals surface area contributed by atoms with Gasteiger partial charge >= 0.3 is 5.22 Å². The van der Waals surface area contributed by atoms with Crippen molar-refractivity contribution in [2.24, 2.45) is 0 Å². The molecule has 2 heterocycles. The Balaban J connectivity index is 1.40. The fourth-order valence-corrected chi connectivity index (χ4v) is 3.89. The van der Waals surface area contributed by atoms with E-state index < -0.39 is 20.7 Å². The summed E-state index contributed by atoms with van der Waals surface area (Å²) in [6.07, 6.45) is 4.55. The standard InChI is InChI=1S/C26H38N6O7S/c1-25(2,32-17-20(28-31-32)18-36-14-11-22(33)27-5)12-16-38-26(3,4)13-15-37-21-9-7-19(8-10-21)23-29-30-24(39-23)40(6,34)35/h7-10,17H,11-16,18H2,1-6H3,(H,27,33). The van der Waals surface area contributed by atoms with Crippen LogP contribution in [0.25, 0.3) is 11.5 Å². The van der Waals surface area contributed by atoms with Crippen molar-refractivity contribution in [3.63, 3.8) is 0 Å². The summed E-state index contributed by atoms with van der Waals surface area (Å²) < 4.78 is 47.6. The third-order valence-corrected chi connectivity index (χ3v) is 6.97. The van der Waals surface area contributed by atoms with Gasteiger partial charge in [0.25, 0.3) is 0 Å². The Morgan fingerprint density at radius 3 is 2.40 bits per heavy atom. The van der Waals surface area contributed by atoms with Crippen LogP contribution in [-0.2, 0) is 36.3 Å². The minimum Gasteiger partial charge on any atom is -0.493 e. The molecule has 0 fully saturated rings. The summed E-state index contributed by atoms with van der Waals surface area (Å²) in [7, 11) is -1.96. The highest BCUT2D eigenvalue weighted by molar-refractivity contribution is 7.90. The monoisotopic (exact) mass is 578 g/mol. The molecule has 0 spiro atoms. The van der Waals surface area contributed by atoms with Crippen molar-refractivity contribution in [1.82, 2.24) is 30.5 Å². The number of amides is 1. The smallest absolute Gasteiger partial charge is 0.335 e. The average Bonchev–Trinajstić information content (AvgIpc) is 3.57. The Morgan fingerprint density at radius 1 is 1.02 bits per heavy atom. The van der Waals surface area contributed by atoms with Gasteiger partial charge in [0, 0.05) is 38.3 Å². The lowest BCUT2D eigenvalue weighted by atomic mass is 10.0. The third-order valence-electron chi connectivity index (χ3n) is 6.17. The topological polar surface area (TPSA) is 161 Å². The molecule has 0 saturated heterocycles. The predicted octanol–water partition coefficient (Wildman–Crippen LogP) is 2.77. The maximum Gasteiger partial charge on any atom is 0.335 e. The lowest BCUT2D eigenvalue weighted by Crippen LogP contribution is -2.32. The third kappa shape index (κ3) is 9.38. The Kier molecular flexibility index (Phi) is 10.4. The Hall–Kier alpha value is -3.36. The summed E-state index contributed by atoms with van der Waals surface area (Å²) in [6, 6.07) is 6.97. The van der Waals surface area contributed by atoms with Crippen LogP contribution >= 0.6 is 0 Å². The zero-order chi connectivity index (χ0) is 29.4. The molecule has 1 N–H and O–H groups in total. The van der Waals surface area contributed by atoms with E-state index in [0.717, 1.165) is 12.7 Å². The summed E-state index contributed by atoms with van der Waals surface area (Å²) in [6.45, 7) is 9.75. The van der Waals surface area contributed by atoms with E-state index in [1.54, 1.807) is 31.3 Å². The summed E-state index contributed by atoms with van der Waals surface area (Å²) in [4.78, 5) is 11.3. The SMILES string of the molecule is CNC(=O)CCOCc1cn(C(C)(C)CCOC(C)(C)CCOc2ccc(-c3nnc(S(C)(=O)=O)o3)cc2)nn1. The fourth-order valence-electron chi connectivity index (χ4n) is 3.48. The first-order chi connectivity index (χ1) is 18.8. The number of hydrogen-bond acceptors (Lipinski definition) is 11. The molecule has 14 heteroatoms. The second-order valence-electron chi connectivity index (χ2n) is 10.6. The molecule has 0 saturated carbocycles. The lowest BCUT2D eigenvalue weighted by molar-refractivity contribution is -0.121. The molecule has 0 radical (unpaired) electrons. The van der Waals surface area contributed by atoms with Crippen LogP contribution in [0.2, 0.25) is 0 Å². The highest BCUT2D eigenvalue weighted by atomic mass is 32.2. The van der Waals surface area contributed by atoms with Crippen molar-refractivity contribution in [1.29, 1.82) is 0 Å². The number of hydrogen-bond donors (Lipinski definition) is 1. The van der Waals surface area contributed by atoms with E-state index >= 15 is 0 Å². The van der Waals surface area contributed by atoms with Gasteiger partial charge in [0.2, 0.25) is 21.6 Å². The number of nitrogens with one attached hydrogen (secondary N) is 1. The molecule has 40 heavy (non-hydrogen) atoms. The van der Waals surface area contributed by atoms with Crippen LogP contribution in [0.4, 0.5) is 0 Å². The van der Waals surface area contributed by atoms with Gasteiger partial charge in [-0.2, -0.15) is 0 Å². The van der Waals surface area contributed by atoms with Crippen LogP contribution in [-0.4, -0.2) is 78.2 Å². The number of benzene rings is 1. The predicted molar refractivity (Wildman–Crippen MR) is 145 cm³/mol. The van der Waals surface area contributed by atoms with Crippen LogP contribution in [0, 0.1) is 0 Å². The zero-order valence-electron chi connectivity index (χ0n) is 23.8. The van der Waals surface area contributed by atoms with Gasteiger partial charge in [-0.05, 0) is 58.4 Å². The second-order valence-corrected chi connectivity index (χ2v) is 12.5. The molecule has 2 aromatic heterocycles. The van der Waals surface area contributed by atoms with Crippen molar-refractivity contribution < 1.29 is 31.8 Å². The van der Waals surface area contributed by atoms with Gasteiger partial charge in [0.05, 0.1) is 37.2 Å². The number of nitrogens with zero attached hydrogens (tertiary/aromatic N) is 5. The Morgan fingerprint density at radius 2 is 1.75 bits per heavy atom. The number of sulfone groups is 1. The Labute approximate surface area is 234 Å². The molecular formula is C26H38N6O7S. The van der Waals surface area contributed by atoms with Crippen LogP contribution < -0.4 is 10.1 Å². The first kappa shape index (κ1) is 31.2. The van der Waals surface area contributed by atoms with Crippen LogP contribution in [0.3, 0.4) is 0 Å². The molecule has 0 atom stereocenters. The summed E-state index contributed by atoms with van der Waals surface area (Å²) in [5.74, 6) is 0.712. The molecule has 220 valence electrons. The Bertz CT molecular complexity index is 1350. The minimum atomic E-state index is -3.56. The van der Waals surface area contributed by atoms with E-state index in [0.29, 0.717) is 56.3 Å². The van der Waals surface area contributed by atoms with Gasteiger partial charge in [0.1, 0.15) is 11.4 Å². The molecule has 0 aliphatic heterocycles. The molecule has 1 amide bonds. The van der Waals surface area contributed by atoms with Gasteiger partial charge in [0.15, 0.2) is 0 Å². The molecule has 0 unspecified atom stereocenters. The van der Waals surface area contributed by atoms with E-state index in [1.807, 2.05) is 24.7 Å². The summed E-state index contributed by atoms with van der Waals surface area (Å²) in [5.41, 5.74) is 0.567. The maximum atomic E-state index is 11.5. The first-order valence-corrected chi connectivity index (χ1v) is 14.8. The molecule has 0 aliphatic rings. The van der Waals surface area contributed by atoms with Gasteiger partial charge < -0.3 is 23.9 Å². The highest BCUT2D eigenvalue weighted by Gasteiger charge is 2.25. The van der Waals surface area contributed by atoms with Gasteiger partial charge in [-0.1, -0.05) is 10.3 Å². The molecule has 1 aromatic carbocycles. The normalized spacial score (nSPS) is 12.4. The largest absolute Gasteiger partial charge is 0.493 e. The fraction of sp³-hybridized carbons (Fsp3) is 0.577. The maximum absolute atomic E-state index is 11.5. The van der Waals surface area contributed by atoms with Crippen molar-refractivity contribution in [3.05, 3.63) is 36.2 Å². The quantitative estimate of drug-likeness (QED) is 0.249. The molecule has 3 rings (SSSR count). The number of ether oxygens (including phenoxy) is 3. The van der Waals surface area contributed by atoms with E-state index in [1.165, 1.54) is 0 Å². The van der Waals surface area contributed by atoms with Crippen LogP contribution in [0.15, 0.2) is 40.1 Å². The van der Waals surface area contributed by atoms with E-state index in [2.05, 4.69) is 39.7 Å². The number of aromatic nitrogens is 5. The average molecular weight is 579 g/mol. The van der Waals surface area contributed by atoms with Crippen molar-refractivity contribution in [2.75, 3.05) is 33.1 Å². The molecule has 0 bridgehead atoms. The number of carbonyl (C=O) groups excluding carboxylic acids is 1. The highest BCUT2D eigenvalue weighted by Crippen LogP contribution is 2.25. The molecule has 3 aromatic rings. The number of rotatable bonds is 16. The molecule has 13 nitrogen and oxygen atoms in total. The van der Waals surface area contributed by atoms with Crippen LogP contribution in [0.5, 0.6) is 5.75 Å². The molecular weight excluding hydrogens is 540 g/mol. The van der Waals surface area contributed by atoms with Crippen LogP contribution in [0.1, 0.15) is 52.7 Å². The first-order valence-electron chi connectivity index (χ1n) is 12.9. The van der Waals surface area contributed by atoms with Gasteiger partial charge in [-0.3, -0.25) is 4.79 Å². The summed E-state index contributed by atoms with van der Waals surface area (Å²) in [5, 5.41) is 17.9. The van der Waals surface area contributed by atoms with E-state index in [4.69, 9.17) is 18.6 Å². The van der Waals surface area contributed by atoms with Crippen molar-refractivity contribution in [3.8, 4) is 17.2 Å². The lowest BCUT2D eigenvalue weighted by Gasteiger charge is -2.29. The van der Waals surface area contributed by atoms with Gasteiger partial charge in [-0.15, -0.1) is 10.2 Å². The molecule has 0 aliphatic carbocycles. The minimum absolute atomic E-state index is 0.0668. The van der Waals surface area contributed by atoms with E-state index in [-0.39, 0.29) is 17.3 Å². The number of carbonyl (C=O) groups is 1. The zero-order valence-corrected chi connectivity index (χ0v) is 24.7. The summed E-state index contributed by atoms with van der Waals surface area (Å²) >= 11 is 0. The van der Waals surface area contributed by atoms with Crippen molar-refractivity contribution in [2.45, 2.75) is 69.9 Å². The van der Waals surface area contributed by atoms with Crippen molar-refractivity contribution >= 4 is 15.7 Å². The van der Waals surface area contributed by atoms with E-state index in [9.17, 15) is 13.2 Å². The van der Waals surface area contributed by atoms with Gasteiger partial charge in [-0.25, -0.2) is 13.1 Å². The second kappa shape index (κ2) is 13.3.